The zero-order valence-corrected chi connectivity index (χ0v) is 15.6. The highest BCUT2D eigenvalue weighted by Crippen LogP contribution is 2.19. The molecule has 120 valence electrons. The molecule has 2 heterocycles. The van der Waals surface area contributed by atoms with Crippen molar-refractivity contribution in [2.24, 2.45) is 0 Å². The number of hydrogen-bond acceptors (Lipinski definition) is 3. The van der Waals surface area contributed by atoms with Crippen molar-refractivity contribution >= 4 is 43.8 Å². The molecule has 5 nitrogen and oxygen atoms in total. The first-order valence-corrected chi connectivity index (χ1v) is 8.08. The normalized spacial score (nSPS) is 15.7. The summed E-state index contributed by atoms with van der Waals surface area (Å²) in [4.78, 5) is 25.5. The summed E-state index contributed by atoms with van der Waals surface area (Å²) in [6, 6.07) is 5.49. The van der Waals surface area contributed by atoms with E-state index < -0.39 is 0 Å². The highest BCUT2D eigenvalue weighted by molar-refractivity contribution is 9.10. The van der Waals surface area contributed by atoms with Gasteiger partial charge in [-0.25, -0.2) is 4.79 Å². The Morgan fingerprint density at radius 2 is 1.95 bits per heavy atom. The lowest BCUT2D eigenvalue weighted by Crippen LogP contribution is -2.45. The molecule has 7 heteroatoms. The van der Waals surface area contributed by atoms with E-state index in [2.05, 4.69) is 21.2 Å². The third-order valence-corrected chi connectivity index (χ3v) is 4.62. The first-order valence-electron chi connectivity index (χ1n) is 7.28. The Hall–Kier alpha value is -0.920. The minimum atomic E-state index is -0.191. The average Bonchev–Trinajstić information content (AvgIpc) is 2.50. The molecule has 0 amide bonds. The van der Waals surface area contributed by atoms with Crippen LogP contribution in [0.5, 0.6) is 0 Å². The quantitative estimate of drug-likeness (QED) is 0.792. The van der Waals surface area contributed by atoms with E-state index in [1.165, 1.54) is 4.57 Å². The van der Waals surface area contributed by atoms with Gasteiger partial charge in [0.2, 0.25) is 0 Å². The lowest BCUT2D eigenvalue weighted by molar-refractivity contribution is 0.346. The van der Waals surface area contributed by atoms with Crippen molar-refractivity contribution in [1.29, 1.82) is 0 Å². The molecule has 0 bridgehead atoms. The second-order valence-electron chi connectivity index (χ2n) is 5.34. The zero-order valence-electron chi connectivity index (χ0n) is 12.3. The molecule has 2 aromatic rings. The van der Waals surface area contributed by atoms with Gasteiger partial charge in [-0.05, 0) is 51.1 Å². The third kappa shape index (κ3) is 2.94. The minimum Gasteiger partial charge on any atom is -0.317 e. The van der Waals surface area contributed by atoms with E-state index in [4.69, 9.17) is 0 Å². The number of aryl methyl sites for hydroxylation is 1. The minimum absolute atomic E-state index is 0. The van der Waals surface area contributed by atoms with Crippen LogP contribution in [0.2, 0.25) is 0 Å². The van der Waals surface area contributed by atoms with Gasteiger partial charge in [0, 0.05) is 17.1 Å². The molecule has 0 radical (unpaired) electrons. The fraction of sp³-hybridized carbons (Fsp3) is 0.467. The summed E-state index contributed by atoms with van der Waals surface area (Å²) in [6.07, 6.45) is 1.64. The number of fused-ring (bicyclic) bond motifs is 1. The SMILES string of the molecule is Br.CCn1c(=O)n(C2CCNCC2)c(=O)c2cc(Br)ccc21. The lowest BCUT2D eigenvalue weighted by Gasteiger charge is -2.25. The Bertz CT molecular complexity index is 792. The van der Waals surface area contributed by atoms with Crippen LogP contribution < -0.4 is 16.6 Å². The Balaban J connectivity index is 0.00000176. The van der Waals surface area contributed by atoms with Crippen LogP contribution in [-0.4, -0.2) is 22.2 Å². The summed E-state index contributed by atoms with van der Waals surface area (Å²) in [5.74, 6) is 0. The maximum Gasteiger partial charge on any atom is 0.331 e. The summed E-state index contributed by atoms with van der Waals surface area (Å²) >= 11 is 3.41. The molecule has 1 aliphatic heterocycles. The molecule has 1 saturated heterocycles. The number of nitrogens with one attached hydrogen (secondary N) is 1. The van der Waals surface area contributed by atoms with Gasteiger partial charge < -0.3 is 5.32 Å². The molecule has 1 fully saturated rings. The molecule has 0 unspecified atom stereocenters. The molecule has 1 aromatic carbocycles. The van der Waals surface area contributed by atoms with Crippen LogP contribution in [0.15, 0.2) is 32.3 Å². The molecule has 1 aliphatic rings. The number of aromatic nitrogens is 2. The van der Waals surface area contributed by atoms with Crippen LogP contribution in [0.25, 0.3) is 10.9 Å². The van der Waals surface area contributed by atoms with Crippen LogP contribution in [0, 0.1) is 0 Å². The van der Waals surface area contributed by atoms with Crippen LogP contribution in [-0.2, 0) is 6.54 Å². The fourth-order valence-corrected chi connectivity index (χ4v) is 3.42. The first kappa shape index (κ1) is 17.4. The van der Waals surface area contributed by atoms with E-state index in [1.54, 1.807) is 10.6 Å². The number of benzene rings is 1. The Morgan fingerprint density at radius 1 is 1.27 bits per heavy atom. The highest BCUT2D eigenvalue weighted by Gasteiger charge is 2.21. The topological polar surface area (TPSA) is 56.0 Å². The highest BCUT2D eigenvalue weighted by atomic mass is 79.9. The summed E-state index contributed by atoms with van der Waals surface area (Å²) in [5.41, 5.74) is 0.345. The van der Waals surface area contributed by atoms with Gasteiger partial charge in [0.1, 0.15) is 0 Å². The molecule has 3 rings (SSSR count). The van der Waals surface area contributed by atoms with Gasteiger partial charge in [-0.1, -0.05) is 15.9 Å². The van der Waals surface area contributed by atoms with Crippen molar-refractivity contribution in [3.8, 4) is 0 Å². The van der Waals surface area contributed by atoms with Gasteiger partial charge in [0.15, 0.2) is 0 Å². The molecule has 1 N–H and O–H groups in total. The van der Waals surface area contributed by atoms with Gasteiger partial charge in [-0.2, -0.15) is 0 Å². The Morgan fingerprint density at radius 3 is 2.59 bits per heavy atom. The molecule has 0 atom stereocenters. The standard InChI is InChI=1S/C15H18BrN3O2.BrH/c1-2-18-13-4-3-10(16)9-12(13)14(20)19(15(18)21)11-5-7-17-8-6-11;/h3-4,9,11,17H,2,5-8H2,1H3;1H. The zero-order chi connectivity index (χ0) is 15.0. The molecule has 0 aliphatic carbocycles. The van der Waals surface area contributed by atoms with E-state index in [9.17, 15) is 9.59 Å². The van der Waals surface area contributed by atoms with Gasteiger partial charge >= 0.3 is 5.69 Å². The number of hydrogen-bond donors (Lipinski definition) is 1. The molecule has 0 saturated carbocycles. The summed E-state index contributed by atoms with van der Waals surface area (Å²) in [5, 5.41) is 3.87. The van der Waals surface area contributed by atoms with Crippen molar-refractivity contribution in [2.45, 2.75) is 32.4 Å². The number of piperidine rings is 1. The first-order chi connectivity index (χ1) is 10.1. The van der Waals surface area contributed by atoms with E-state index in [0.29, 0.717) is 17.4 Å². The fourth-order valence-electron chi connectivity index (χ4n) is 3.06. The number of rotatable bonds is 2. The van der Waals surface area contributed by atoms with Crippen molar-refractivity contribution < 1.29 is 0 Å². The second-order valence-corrected chi connectivity index (χ2v) is 6.26. The van der Waals surface area contributed by atoms with Crippen molar-refractivity contribution in [3.63, 3.8) is 0 Å². The number of halogens is 2. The Labute approximate surface area is 147 Å². The van der Waals surface area contributed by atoms with Crippen molar-refractivity contribution in [1.82, 2.24) is 14.5 Å². The third-order valence-electron chi connectivity index (χ3n) is 4.13. The molecular weight excluding hydrogens is 414 g/mol. The van der Waals surface area contributed by atoms with E-state index in [1.807, 2.05) is 19.1 Å². The summed E-state index contributed by atoms with van der Waals surface area (Å²) in [7, 11) is 0. The van der Waals surface area contributed by atoms with E-state index in [-0.39, 0.29) is 34.3 Å². The maximum atomic E-state index is 12.8. The number of nitrogens with zero attached hydrogens (tertiary/aromatic N) is 2. The van der Waals surface area contributed by atoms with Gasteiger partial charge in [-0.15, -0.1) is 17.0 Å². The van der Waals surface area contributed by atoms with Gasteiger partial charge in [0.25, 0.3) is 5.56 Å². The van der Waals surface area contributed by atoms with Gasteiger partial charge in [-0.3, -0.25) is 13.9 Å². The van der Waals surface area contributed by atoms with Crippen molar-refractivity contribution in [3.05, 3.63) is 43.5 Å². The van der Waals surface area contributed by atoms with Crippen LogP contribution in [0.1, 0.15) is 25.8 Å². The predicted octanol–water partition coefficient (Wildman–Crippen LogP) is 2.45. The molecule has 0 spiro atoms. The van der Waals surface area contributed by atoms with E-state index >= 15 is 0 Å². The van der Waals surface area contributed by atoms with E-state index in [0.717, 1.165) is 30.4 Å². The lowest BCUT2D eigenvalue weighted by atomic mass is 10.1. The molecule has 1 aromatic heterocycles. The van der Waals surface area contributed by atoms with Gasteiger partial charge in [0.05, 0.1) is 10.9 Å². The largest absolute Gasteiger partial charge is 0.331 e. The second kappa shape index (κ2) is 7.10. The maximum absolute atomic E-state index is 12.8. The summed E-state index contributed by atoms with van der Waals surface area (Å²) in [6.45, 7) is 4.18. The Kier molecular flexibility index (Phi) is 5.63. The predicted molar refractivity (Wildman–Crippen MR) is 97.3 cm³/mol. The average molecular weight is 433 g/mol. The van der Waals surface area contributed by atoms with Crippen LogP contribution in [0.3, 0.4) is 0 Å². The van der Waals surface area contributed by atoms with Crippen LogP contribution in [0.4, 0.5) is 0 Å². The smallest absolute Gasteiger partial charge is 0.317 e. The monoisotopic (exact) mass is 431 g/mol. The van der Waals surface area contributed by atoms with Crippen LogP contribution >= 0.6 is 32.9 Å². The van der Waals surface area contributed by atoms with Crippen molar-refractivity contribution in [2.75, 3.05) is 13.1 Å². The molecular formula is C15H19Br2N3O2. The molecule has 22 heavy (non-hydrogen) atoms. The summed E-state index contributed by atoms with van der Waals surface area (Å²) < 4.78 is 4.00.